The SMILES string of the molecule is CC(C)C[C@@H](CS(=O)(=O)CCCCCN1CC(=O)NC1=O)c1cc(OCC2CC2)on1. The summed E-state index contributed by atoms with van der Waals surface area (Å²) in [6, 6.07) is 1.36. The lowest BCUT2D eigenvalue weighted by Crippen LogP contribution is -2.29. The van der Waals surface area contributed by atoms with Crippen LogP contribution in [-0.4, -0.2) is 61.6 Å². The first kappa shape index (κ1) is 23.6. The number of rotatable bonds is 14. The van der Waals surface area contributed by atoms with Crippen molar-refractivity contribution in [2.24, 2.45) is 11.8 Å². The van der Waals surface area contributed by atoms with E-state index in [1.54, 1.807) is 6.07 Å². The van der Waals surface area contributed by atoms with Crippen molar-refractivity contribution in [2.45, 2.75) is 58.3 Å². The molecular weight excluding hydrogens is 422 g/mol. The summed E-state index contributed by atoms with van der Waals surface area (Å²) in [4.78, 5) is 24.1. The van der Waals surface area contributed by atoms with Gasteiger partial charge in [-0.2, -0.15) is 0 Å². The van der Waals surface area contributed by atoms with Gasteiger partial charge >= 0.3 is 12.0 Å². The van der Waals surface area contributed by atoms with E-state index in [9.17, 15) is 18.0 Å². The molecule has 3 rings (SSSR count). The highest BCUT2D eigenvalue weighted by Gasteiger charge is 2.27. The molecule has 0 spiro atoms. The molecular formula is C21H33N3O6S. The van der Waals surface area contributed by atoms with Crippen LogP contribution < -0.4 is 10.1 Å². The smallest absolute Gasteiger partial charge is 0.324 e. The fraction of sp³-hybridized carbons (Fsp3) is 0.762. The van der Waals surface area contributed by atoms with Gasteiger partial charge in [-0.25, -0.2) is 13.2 Å². The third-order valence-electron chi connectivity index (χ3n) is 5.55. The van der Waals surface area contributed by atoms with E-state index in [1.807, 2.05) is 0 Å². The number of carbonyl (C=O) groups is 2. The van der Waals surface area contributed by atoms with Gasteiger partial charge in [0.2, 0.25) is 5.91 Å². The van der Waals surface area contributed by atoms with Crippen LogP contribution in [0.1, 0.15) is 64.0 Å². The van der Waals surface area contributed by atoms with Crippen molar-refractivity contribution in [2.75, 3.05) is 31.2 Å². The van der Waals surface area contributed by atoms with Crippen LogP contribution in [0, 0.1) is 11.8 Å². The molecule has 10 heteroatoms. The number of urea groups is 1. The van der Waals surface area contributed by atoms with E-state index in [0.717, 1.165) is 0 Å². The molecule has 0 unspecified atom stereocenters. The second-order valence-corrected chi connectivity index (χ2v) is 11.3. The lowest BCUT2D eigenvalue weighted by Gasteiger charge is -2.17. The van der Waals surface area contributed by atoms with Crippen LogP contribution in [0.3, 0.4) is 0 Å². The van der Waals surface area contributed by atoms with Crippen molar-refractivity contribution in [1.29, 1.82) is 0 Å². The molecule has 1 aliphatic heterocycles. The van der Waals surface area contributed by atoms with E-state index in [1.165, 1.54) is 17.7 Å². The summed E-state index contributed by atoms with van der Waals surface area (Å²) in [6.45, 7) is 5.27. The number of hydrogen-bond donors (Lipinski definition) is 1. The number of unbranched alkanes of at least 4 members (excludes halogenated alkanes) is 2. The maximum atomic E-state index is 12.7. The van der Waals surface area contributed by atoms with Gasteiger partial charge in [0, 0.05) is 18.5 Å². The molecule has 31 heavy (non-hydrogen) atoms. The zero-order valence-corrected chi connectivity index (χ0v) is 19.2. The van der Waals surface area contributed by atoms with Crippen LogP contribution >= 0.6 is 0 Å². The Kier molecular flexibility index (Phi) is 7.96. The molecule has 1 aliphatic carbocycles. The number of hydrogen-bond acceptors (Lipinski definition) is 7. The highest BCUT2D eigenvalue weighted by atomic mass is 32.2. The summed E-state index contributed by atoms with van der Waals surface area (Å²) < 4.78 is 36.3. The van der Waals surface area contributed by atoms with Crippen LogP contribution in [0.5, 0.6) is 5.95 Å². The molecule has 1 saturated carbocycles. The van der Waals surface area contributed by atoms with E-state index in [4.69, 9.17) is 9.26 Å². The van der Waals surface area contributed by atoms with Crippen molar-refractivity contribution >= 4 is 21.8 Å². The number of nitrogens with one attached hydrogen (secondary N) is 1. The molecule has 3 amide bonds. The molecule has 9 nitrogen and oxygen atoms in total. The monoisotopic (exact) mass is 455 g/mol. The van der Waals surface area contributed by atoms with Crippen LogP contribution in [0.4, 0.5) is 4.79 Å². The minimum absolute atomic E-state index is 0.0306. The largest absolute Gasteiger partial charge is 0.463 e. The molecule has 0 radical (unpaired) electrons. The van der Waals surface area contributed by atoms with Crippen LogP contribution in [-0.2, 0) is 14.6 Å². The Hall–Kier alpha value is -2.10. The first-order chi connectivity index (χ1) is 14.7. The predicted octanol–water partition coefficient (Wildman–Crippen LogP) is 2.73. The third kappa shape index (κ3) is 7.83. The quantitative estimate of drug-likeness (QED) is 0.338. The number of carbonyl (C=O) groups excluding carboxylic acids is 2. The van der Waals surface area contributed by atoms with Gasteiger partial charge in [-0.05, 0) is 43.9 Å². The Bertz CT molecular complexity index is 862. The summed E-state index contributed by atoms with van der Waals surface area (Å²) in [7, 11) is -3.27. The fourth-order valence-corrected chi connectivity index (χ4v) is 5.44. The minimum Gasteiger partial charge on any atom is -0.463 e. The average molecular weight is 456 g/mol. The van der Waals surface area contributed by atoms with E-state index in [2.05, 4.69) is 24.3 Å². The van der Waals surface area contributed by atoms with Crippen molar-refractivity contribution in [3.8, 4) is 5.95 Å². The minimum atomic E-state index is -3.27. The van der Waals surface area contributed by atoms with E-state index in [0.29, 0.717) is 62.3 Å². The van der Waals surface area contributed by atoms with Gasteiger partial charge in [0.15, 0.2) is 9.84 Å². The lowest BCUT2D eigenvalue weighted by molar-refractivity contribution is -0.118. The van der Waals surface area contributed by atoms with Crippen LogP contribution in [0.2, 0.25) is 0 Å². The first-order valence-electron chi connectivity index (χ1n) is 11.1. The molecule has 1 saturated heterocycles. The standard InChI is InChI=1S/C21H33N3O6S/c1-15(2)10-17(18-11-20(30-23-18)29-13-16-6-7-16)14-31(27,28)9-5-3-4-8-24-12-19(25)22-21(24)26/h11,15-17H,3-10,12-14H2,1-2H3,(H,22,25,26)/t17-/m0/s1. The first-order valence-corrected chi connectivity index (χ1v) is 12.9. The highest BCUT2D eigenvalue weighted by molar-refractivity contribution is 7.91. The Morgan fingerprint density at radius 2 is 2.03 bits per heavy atom. The third-order valence-corrected chi connectivity index (χ3v) is 7.37. The second-order valence-electron chi connectivity index (χ2n) is 9.10. The second kappa shape index (κ2) is 10.5. The molecule has 2 aliphatic rings. The number of amides is 3. The summed E-state index contributed by atoms with van der Waals surface area (Å²) in [6.07, 6.45) is 4.92. The van der Waals surface area contributed by atoms with Crippen molar-refractivity contribution in [1.82, 2.24) is 15.4 Å². The van der Waals surface area contributed by atoms with E-state index < -0.39 is 9.84 Å². The molecule has 0 bridgehead atoms. The molecule has 1 aromatic rings. The molecule has 2 fully saturated rings. The molecule has 174 valence electrons. The van der Waals surface area contributed by atoms with E-state index in [-0.39, 0.29) is 35.9 Å². The summed E-state index contributed by atoms with van der Waals surface area (Å²) in [5, 5.41) is 6.32. The molecule has 1 N–H and O–H groups in total. The maximum Gasteiger partial charge on any atom is 0.324 e. The van der Waals surface area contributed by atoms with Gasteiger partial charge < -0.3 is 14.2 Å². The molecule has 1 aromatic heterocycles. The Labute approximate surface area is 183 Å². The van der Waals surface area contributed by atoms with Crippen LogP contribution in [0.15, 0.2) is 10.6 Å². The predicted molar refractivity (Wildman–Crippen MR) is 115 cm³/mol. The number of imide groups is 1. The normalized spacial score (nSPS) is 18.0. The number of nitrogens with zero attached hydrogens (tertiary/aromatic N) is 2. The lowest BCUT2D eigenvalue weighted by atomic mass is 9.96. The molecule has 2 heterocycles. The zero-order valence-electron chi connectivity index (χ0n) is 18.3. The maximum absolute atomic E-state index is 12.7. The van der Waals surface area contributed by atoms with Gasteiger partial charge in [0.1, 0.15) is 6.54 Å². The molecule has 0 aromatic carbocycles. The van der Waals surface area contributed by atoms with Gasteiger partial charge in [-0.15, -0.1) is 0 Å². The Morgan fingerprint density at radius 3 is 2.68 bits per heavy atom. The Balaban J connectivity index is 1.45. The van der Waals surface area contributed by atoms with Crippen molar-refractivity contribution in [3.05, 3.63) is 11.8 Å². The summed E-state index contributed by atoms with van der Waals surface area (Å²) >= 11 is 0. The van der Waals surface area contributed by atoms with Gasteiger partial charge in [-0.3, -0.25) is 10.1 Å². The van der Waals surface area contributed by atoms with Gasteiger partial charge in [-0.1, -0.05) is 25.4 Å². The van der Waals surface area contributed by atoms with E-state index >= 15 is 0 Å². The average Bonchev–Trinajstić information content (AvgIpc) is 3.29. The topological polar surface area (TPSA) is 119 Å². The molecule has 1 atom stereocenters. The fourth-order valence-electron chi connectivity index (χ4n) is 3.71. The zero-order chi connectivity index (χ0) is 22.4. The van der Waals surface area contributed by atoms with Gasteiger partial charge in [0.25, 0.3) is 0 Å². The summed E-state index contributed by atoms with van der Waals surface area (Å²) in [5.41, 5.74) is 0.632. The number of sulfone groups is 1. The highest BCUT2D eigenvalue weighted by Crippen LogP contribution is 2.31. The van der Waals surface area contributed by atoms with Crippen molar-refractivity contribution in [3.63, 3.8) is 0 Å². The Morgan fingerprint density at radius 1 is 1.26 bits per heavy atom. The van der Waals surface area contributed by atoms with Crippen molar-refractivity contribution < 1.29 is 27.3 Å². The van der Waals surface area contributed by atoms with Crippen LogP contribution in [0.25, 0.3) is 0 Å². The van der Waals surface area contributed by atoms with Gasteiger partial charge in [0.05, 0.1) is 23.8 Å². The number of ether oxygens (including phenoxy) is 1. The number of aromatic nitrogens is 1. The summed E-state index contributed by atoms with van der Waals surface area (Å²) in [5.74, 6) is 0.877.